The molecular weight excluding hydrogens is 322 g/mol. The first-order chi connectivity index (χ1) is 11.9. The number of aryl methyl sites for hydroxylation is 2. The highest BCUT2D eigenvalue weighted by molar-refractivity contribution is 5.88. The fourth-order valence-electron chi connectivity index (χ4n) is 2.58. The largest absolute Gasteiger partial charge is 0.368 e. The summed E-state index contributed by atoms with van der Waals surface area (Å²) in [5.74, 6) is 1.16. The third kappa shape index (κ3) is 3.87. The van der Waals surface area contributed by atoms with Crippen molar-refractivity contribution in [1.29, 1.82) is 0 Å². The number of morpholine rings is 1. The molecule has 2 aromatic heterocycles. The Labute approximate surface area is 146 Å². The van der Waals surface area contributed by atoms with Crippen LogP contribution in [0, 0.1) is 6.92 Å². The lowest BCUT2D eigenvalue weighted by atomic mass is 10.2. The van der Waals surface area contributed by atoms with E-state index in [0.29, 0.717) is 31.5 Å². The van der Waals surface area contributed by atoms with Gasteiger partial charge in [0.05, 0.1) is 18.8 Å². The number of ether oxygens (including phenoxy) is 1. The Balaban J connectivity index is 1.68. The number of carbonyl (C=O) groups excluding carboxylic acids is 1. The molecule has 0 aromatic carbocycles. The number of hydrogen-bond donors (Lipinski definition) is 1. The van der Waals surface area contributed by atoms with Gasteiger partial charge < -0.3 is 14.5 Å². The van der Waals surface area contributed by atoms with Crippen LogP contribution in [0.15, 0.2) is 18.3 Å². The Morgan fingerprint density at radius 1 is 1.44 bits per heavy atom. The van der Waals surface area contributed by atoms with Crippen molar-refractivity contribution in [3.05, 3.63) is 29.7 Å². The zero-order chi connectivity index (χ0) is 18.0. The summed E-state index contributed by atoms with van der Waals surface area (Å²) in [5, 5.41) is 7.09. The van der Waals surface area contributed by atoms with Gasteiger partial charge in [-0.3, -0.25) is 10.00 Å². The van der Waals surface area contributed by atoms with E-state index >= 15 is 0 Å². The average molecular weight is 345 g/mol. The van der Waals surface area contributed by atoms with Crippen LogP contribution in [0.2, 0.25) is 0 Å². The Morgan fingerprint density at radius 3 is 2.92 bits per heavy atom. The smallest absolute Gasteiger partial charge is 0.323 e. The predicted molar refractivity (Wildman–Crippen MR) is 93.6 cm³/mol. The van der Waals surface area contributed by atoms with E-state index in [4.69, 9.17) is 4.74 Å². The number of amides is 2. The molecule has 3 heterocycles. The van der Waals surface area contributed by atoms with Crippen molar-refractivity contribution in [2.75, 3.05) is 44.0 Å². The van der Waals surface area contributed by atoms with E-state index in [1.807, 2.05) is 45.1 Å². The van der Waals surface area contributed by atoms with E-state index in [2.05, 4.69) is 20.4 Å². The summed E-state index contributed by atoms with van der Waals surface area (Å²) >= 11 is 0. The SMILES string of the molecule is Cc1cc(NC(=O)N2CCO[C@H](c3ccnc(N(C)C)n3)C2)nn1C. The molecule has 0 bridgehead atoms. The van der Waals surface area contributed by atoms with Crippen LogP contribution in [-0.4, -0.2) is 64.5 Å². The van der Waals surface area contributed by atoms with Crippen molar-refractivity contribution in [2.24, 2.45) is 7.05 Å². The van der Waals surface area contributed by atoms with Crippen molar-refractivity contribution >= 4 is 17.8 Å². The minimum absolute atomic E-state index is 0.187. The highest BCUT2D eigenvalue weighted by atomic mass is 16.5. The molecule has 1 aliphatic heterocycles. The third-order valence-corrected chi connectivity index (χ3v) is 4.10. The van der Waals surface area contributed by atoms with Gasteiger partial charge in [0.15, 0.2) is 5.82 Å². The summed E-state index contributed by atoms with van der Waals surface area (Å²) in [6.45, 7) is 3.35. The molecule has 0 saturated carbocycles. The van der Waals surface area contributed by atoms with Crippen LogP contribution < -0.4 is 10.2 Å². The first-order valence-electron chi connectivity index (χ1n) is 8.12. The van der Waals surface area contributed by atoms with Crippen LogP contribution in [0.5, 0.6) is 0 Å². The molecule has 9 heteroatoms. The molecule has 2 amide bonds. The monoisotopic (exact) mass is 345 g/mol. The molecule has 134 valence electrons. The number of urea groups is 1. The van der Waals surface area contributed by atoms with Gasteiger partial charge in [-0.25, -0.2) is 14.8 Å². The first kappa shape index (κ1) is 17.2. The number of carbonyl (C=O) groups is 1. The highest BCUT2D eigenvalue weighted by Crippen LogP contribution is 2.22. The second-order valence-electron chi connectivity index (χ2n) is 6.21. The predicted octanol–water partition coefficient (Wildman–Crippen LogP) is 1.19. The van der Waals surface area contributed by atoms with Gasteiger partial charge in [0.1, 0.15) is 6.10 Å². The average Bonchev–Trinajstić information content (AvgIpc) is 2.92. The van der Waals surface area contributed by atoms with Crippen LogP contribution in [0.1, 0.15) is 17.5 Å². The second-order valence-corrected chi connectivity index (χ2v) is 6.21. The number of hydrogen-bond acceptors (Lipinski definition) is 6. The van der Waals surface area contributed by atoms with Crippen LogP contribution in [-0.2, 0) is 11.8 Å². The minimum atomic E-state index is -0.272. The normalized spacial score (nSPS) is 17.4. The van der Waals surface area contributed by atoms with Gasteiger partial charge in [-0.05, 0) is 13.0 Å². The fourth-order valence-corrected chi connectivity index (χ4v) is 2.58. The molecule has 1 atom stereocenters. The molecule has 2 aromatic rings. The van der Waals surface area contributed by atoms with Gasteiger partial charge in [-0.2, -0.15) is 5.10 Å². The number of aromatic nitrogens is 4. The fraction of sp³-hybridized carbons (Fsp3) is 0.500. The van der Waals surface area contributed by atoms with Crippen molar-refractivity contribution < 1.29 is 9.53 Å². The summed E-state index contributed by atoms with van der Waals surface area (Å²) in [7, 11) is 5.61. The van der Waals surface area contributed by atoms with Gasteiger partial charge in [-0.15, -0.1) is 0 Å². The van der Waals surface area contributed by atoms with E-state index in [1.165, 1.54) is 0 Å². The summed E-state index contributed by atoms with van der Waals surface area (Å²) in [6, 6.07) is 3.47. The molecule has 0 aliphatic carbocycles. The number of nitrogens with one attached hydrogen (secondary N) is 1. The zero-order valence-electron chi connectivity index (χ0n) is 14.9. The standard InChI is InChI=1S/C16H23N7O2/c1-11-9-14(20-22(11)4)19-16(24)23-7-8-25-13(10-23)12-5-6-17-15(18-12)21(2)3/h5-6,9,13H,7-8,10H2,1-4H3,(H,19,20,24)/t13-/m0/s1. The summed E-state index contributed by atoms with van der Waals surface area (Å²) in [4.78, 5) is 24.8. The highest BCUT2D eigenvalue weighted by Gasteiger charge is 2.27. The topological polar surface area (TPSA) is 88.4 Å². The lowest BCUT2D eigenvalue weighted by Crippen LogP contribution is -2.44. The Bertz CT molecular complexity index is 739. The van der Waals surface area contributed by atoms with E-state index in [-0.39, 0.29) is 12.1 Å². The van der Waals surface area contributed by atoms with Crippen LogP contribution in [0.25, 0.3) is 0 Å². The number of rotatable bonds is 3. The maximum absolute atomic E-state index is 12.5. The first-order valence-corrected chi connectivity index (χ1v) is 8.12. The van der Waals surface area contributed by atoms with Crippen LogP contribution in [0.4, 0.5) is 16.6 Å². The summed E-state index contributed by atoms with van der Waals surface area (Å²) in [5.41, 5.74) is 1.75. The van der Waals surface area contributed by atoms with Crippen molar-refractivity contribution in [2.45, 2.75) is 13.0 Å². The molecule has 25 heavy (non-hydrogen) atoms. The van der Waals surface area contributed by atoms with Crippen molar-refractivity contribution in [3.8, 4) is 0 Å². The molecule has 1 aliphatic rings. The van der Waals surface area contributed by atoms with Gasteiger partial charge in [0, 0.05) is 45.6 Å². The molecular formula is C16H23N7O2. The van der Waals surface area contributed by atoms with E-state index in [9.17, 15) is 4.79 Å². The van der Waals surface area contributed by atoms with E-state index in [1.54, 1.807) is 15.8 Å². The summed E-state index contributed by atoms with van der Waals surface area (Å²) in [6.07, 6.45) is 1.43. The van der Waals surface area contributed by atoms with Gasteiger partial charge in [0.25, 0.3) is 0 Å². The summed E-state index contributed by atoms with van der Waals surface area (Å²) < 4.78 is 7.53. The number of anilines is 2. The maximum atomic E-state index is 12.5. The van der Waals surface area contributed by atoms with E-state index in [0.717, 1.165) is 11.4 Å². The molecule has 1 N–H and O–H groups in total. The maximum Gasteiger partial charge on any atom is 0.323 e. The molecule has 0 spiro atoms. The molecule has 1 saturated heterocycles. The van der Waals surface area contributed by atoms with Crippen molar-refractivity contribution in [3.63, 3.8) is 0 Å². The lowest BCUT2D eigenvalue weighted by molar-refractivity contribution is -0.0157. The van der Waals surface area contributed by atoms with Crippen LogP contribution in [0.3, 0.4) is 0 Å². The van der Waals surface area contributed by atoms with E-state index < -0.39 is 0 Å². The molecule has 0 radical (unpaired) electrons. The van der Waals surface area contributed by atoms with Crippen molar-refractivity contribution in [1.82, 2.24) is 24.6 Å². The second kappa shape index (κ2) is 7.06. The molecule has 9 nitrogen and oxygen atoms in total. The minimum Gasteiger partial charge on any atom is -0.368 e. The molecule has 0 unspecified atom stereocenters. The quantitative estimate of drug-likeness (QED) is 0.899. The Kier molecular flexibility index (Phi) is 4.84. The lowest BCUT2D eigenvalue weighted by Gasteiger charge is -2.32. The zero-order valence-corrected chi connectivity index (χ0v) is 14.9. The Morgan fingerprint density at radius 2 is 2.24 bits per heavy atom. The molecule has 3 rings (SSSR count). The Hall–Kier alpha value is -2.68. The van der Waals surface area contributed by atoms with Gasteiger partial charge in [-0.1, -0.05) is 0 Å². The van der Waals surface area contributed by atoms with Gasteiger partial charge in [0.2, 0.25) is 5.95 Å². The van der Waals surface area contributed by atoms with Crippen LogP contribution >= 0.6 is 0 Å². The third-order valence-electron chi connectivity index (χ3n) is 4.10. The number of nitrogens with zero attached hydrogens (tertiary/aromatic N) is 6. The van der Waals surface area contributed by atoms with Gasteiger partial charge >= 0.3 is 6.03 Å². The molecule has 1 fully saturated rings.